The van der Waals surface area contributed by atoms with Crippen LogP contribution in [0.2, 0.25) is 0 Å². The van der Waals surface area contributed by atoms with Crippen molar-refractivity contribution in [3.05, 3.63) is 46.3 Å². The molecule has 1 aliphatic heterocycles. The summed E-state index contributed by atoms with van der Waals surface area (Å²) in [5, 5.41) is 3.22. The van der Waals surface area contributed by atoms with E-state index in [0.29, 0.717) is 11.5 Å². The van der Waals surface area contributed by atoms with Crippen LogP contribution in [0, 0.1) is 6.92 Å². The fourth-order valence-corrected chi connectivity index (χ4v) is 2.91. The molecule has 24 heavy (non-hydrogen) atoms. The molecule has 0 atom stereocenters. The third-order valence-electron chi connectivity index (χ3n) is 4.12. The van der Waals surface area contributed by atoms with Crippen molar-refractivity contribution in [2.24, 2.45) is 0 Å². The Hall–Kier alpha value is -1.99. The number of rotatable bonds is 3. The van der Waals surface area contributed by atoms with Crippen molar-refractivity contribution >= 4 is 33.3 Å². The van der Waals surface area contributed by atoms with E-state index >= 15 is 0 Å². The number of aryl methyl sites for hydroxylation is 1. The van der Waals surface area contributed by atoms with Crippen LogP contribution < -0.4 is 5.32 Å². The van der Waals surface area contributed by atoms with Gasteiger partial charge in [0.05, 0.1) is 0 Å². The Morgan fingerprint density at radius 2 is 1.92 bits per heavy atom. The van der Waals surface area contributed by atoms with Crippen molar-refractivity contribution in [3.8, 4) is 0 Å². The van der Waals surface area contributed by atoms with Crippen molar-refractivity contribution in [1.82, 2.24) is 19.8 Å². The number of halogens is 1. The minimum atomic E-state index is -0.0429. The van der Waals surface area contributed by atoms with Gasteiger partial charge in [0, 0.05) is 42.4 Å². The number of nitrogens with one attached hydrogen (secondary N) is 1. The number of hydrogen-bond acceptors (Lipinski definition) is 5. The molecule has 0 unspecified atom stereocenters. The highest BCUT2D eigenvalue weighted by Crippen LogP contribution is 2.23. The zero-order valence-corrected chi connectivity index (χ0v) is 15.4. The van der Waals surface area contributed by atoms with Gasteiger partial charge in [-0.1, -0.05) is 22.0 Å². The second-order valence-electron chi connectivity index (χ2n) is 5.97. The Bertz CT molecular complexity index is 744. The van der Waals surface area contributed by atoms with E-state index in [9.17, 15) is 4.79 Å². The predicted molar refractivity (Wildman–Crippen MR) is 97.6 cm³/mol. The standard InChI is InChI=1S/C17H20BrN5O/c1-12-3-4-13(9-14(12)18)21-16-10-15(19-11-20-16)17(24)23-7-5-22(2)6-8-23/h3-4,9-11H,5-8H2,1-2H3,(H,19,20,21). The summed E-state index contributed by atoms with van der Waals surface area (Å²) in [7, 11) is 2.06. The number of benzene rings is 1. The number of piperazine rings is 1. The molecule has 0 saturated carbocycles. The number of anilines is 2. The van der Waals surface area contributed by atoms with E-state index < -0.39 is 0 Å². The van der Waals surface area contributed by atoms with Crippen LogP contribution in [0.1, 0.15) is 16.1 Å². The van der Waals surface area contributed by atoms with Crippen LogP contribution in [-0.2, 0) is 0 Å². The summed E-state index contributed by atoms with van der Waals surface area (Å²) in [6.45, 7) is 5.27. The minimum absolute atomic E-state index is 0.0429. The maximum atomic E-state index is 12.6. The number of amides is 1. The lowest BCUT2D eigenvalue weighted by molar-refractivity contribution is 0.0658. The molecule has 1 aliphatic rings. The topological polar surface area (TPSA) is 61.4 Å². The summed E-state index contributed by atoms with van der Waals surface area (Å²) in [4.78, 5) is 25.0. The predicted octanol–water partition coefficient (Wildman–Crippen LogP) is 2.68. The number of carbonyl (C=O) groups excluding carboxylic acids is 1. The van der Waals surface area contributed by atoms with Crippen molar-refractivity contribution in [3.63, 3.8) is 0 Å². The Morgan fingerprint density at radius 1 is 1.17 bits per heavy atom. The third kappa shape index (κ3) is 3.91. The van der Waals surface area contributed by atoms with Crippen molar-refractivity contribution in [2.75, 3.05) is 38.5 Å². The van der Waals surface area contributed by atoms with Gasteiger partial charge < -0.3 is 15.1 Å². The quantitative estimate of drug-likeness (QED) is 0.873. The van der Waals surface area contributed by atoms with Crippen molar-refractivity contribution in [2.45, 2.75) is 6.92 Å². The van der Waals surface area contributed by atoms with E-state index in [1.165, 1.54) is 6.33 Å². The largest absolute Gasteiger partial charge is 0.340 e. The fourth-order valence-electron chi connectivity index (χ4n) is 2.53. The SMILES string of the molecule is Cc1ccc(Nc2cc(C(=O)N3CCN(C)CC3)ncn2)cc1Br. The van der Waals surface area contributed by atoms with Crippen molar-refractivity contribution in [1.29, 1.82) is 0 Å². The Kier molecular flexibility index (Phi) is 5.11. The molecule has 2 heterocycles. The van der Waals surface area contributed by atoms with E-state index in [-0.39, 0.29) is 5.91 Å². The fraction of sp³-hybridized carbons (Fsp3) is 0.353. The van der Waals surface area contributed by atoms with Crippen LogP contribution in [0.15, 0.2) is 35.1 Å². The van der Waals surface area contributed by atoms with E-state index in [2.05, 4.69) is 43.2 Å². The van der Waals surface area contributed by atoms with Gasteiger partial charge in [0.25, 0.3) is 5.91 Å². The molecule has 1 aromatic heterocycles. The van der Waals surface area contributed by atoms with Crippen LogP contribution in [0.5, 0.6) is 0 Å². The van der Waals surface area contributed by atoms with E-state index in [4.69, 9.17) is 0 Å². The number of carbonyl (C=O) groups is 1. The molecule has 1 saturated heterocycles. The Morgan fingerprint density at radius 3 is 2.62 bits per heavy atom. The van der Waals surface area contributed by atoms with E-state index in [1.807, 2.05) is 30.0 Å². The lowest BCUT2D eigenvalue weighted by Gasteiger charge is -2.32. The van der Waals surface area contributed by atoms with Gasteiger partial charge in [0.2, 0.25) is 0 Å². The number of nitrogens with zero attached hydrogens (tertiary/aromatic N) is 4. The molecule has 1 amide bonds. The van der Waals surface area contributed by atoms with Crippen LogP contribution >= 0.6 is 15.9 Å². The number of aromatic nitrogens is 2. The zero-order chi connectivity index (χ0) is 17.1. The van der Waals surface area contributed by atoms with Gasteiger partial charge >= 0.3 is 0 Å². The molecule has 0 bridgehead atoms. The number of hydrogen-bond donors (Lipinski definition) is 1. The van der Waals surface area contributed by atoms with Crippen LogP contribution in [0.4, 0.5) is 11.5 Å². The molecule has 7 heteroatoms. The lowest BCUT2D eigenvalue weighted by atomic mass is 10.2. The molecule has 0 spiro atoms. The summed E-state index contributed by atoms with van der Waals surface area (Å²) in [5.41, 5.74) is 2.49. The first-order chi connectivity index (χ1) is 11.5. The second-order valence-corrected chi connectivity index (χ2v) is 6.83. The van der Waals surface area contributed by atoms with Crippen LogP contribution in [0.3, 0.4) is 0 Å². The first kappa shape index (κ1) is 16.9. The molecular formula is C17H20BrN5O. The highest BCUT2D eigenvalue weighted by atomic mass is 79.9. The van der Waals surface area contributed by atoms with E-state index in [1.54, 1.807) is 6.07 Å². The maximum absolute atomic E-state index is 12.6. The van der Waals surface area contributed by atoms with Gasteiger partial charge in [-0.2, -0.15) is 0 Å². The molecule has 1 N–H and O–H groups in total. The monoisotopic (exact) mass is 389 g/mol. The average molecular weight is 390 g/mol. The van der Waals surface area contributed by atoms with Gasteiger partial charge in [-0.15, -0.1) is 0 Å². The highest BCUT2D eigenvalue weighted by molar-refractivity contribution is 9.10. The molecule has 6 nitrogen and oxygen atoms in total. The Balaban J connectivity index is 1.73. The lowest BCUT2D eigenvalue weighted by Crippen LogP contribution is -2.47. The van der Waals surface area contributed by atoms with Crippen molar-refractivity contribution < 1.29 is 4.79 Å². The first-order valence-corrected chi connectivity index (χ1v) is 8.65. The number of likely N-dealkylation sites (N-methyl/N-ethyl adjacent to an activating group) is 1. The zero-order valence-electron chi connectivity index (χ0n) is 13.8. The maximum Gasteiger partial charge on any atom is 0.272 e. The molecule has 1 aromatic carbocycles. The smallest absolute Gasteiger partial charge is 0.272 e. The molecule has 1 fully saturated rings. The summed E-state index contributed by atoms with van der Waals surface area (Å²) in [6, 6.07) is 7.68. The van der Waals surface area contributed by atoms with Crippen LogP contribution in [0.25, 0.3) is 0 Å². The minimum Gasteiger partial charge on any atom is -0.340 e. The van der Waals surface area contributed by atoms with Gasteiger partial charge in [0.1, 0.15) is 17.8 Å². The van der Waals surface area contributed by atoms with Gasteiger partial charge in [-0.25, -0.2) is 9.97 Å². The molecule has 0 radical (unpaired) electrons. The first-order valence-electron chi connectivity index (χ1n) is 7.86. The normalized spacial score (nSPS) is 15.4. The molecule has 126 valence electrons. The van der Waals surface area contributed by atoms with Gasteiger partial charge in [-0.3, -0.25) is 4.79 Å². The second kappa shape index (κ2) is 7.27. The summed E-state index contributed by atoms with van der Waals surface area (Å²) < 4.78 is 1.02. The molecule has 3 rings (SSSR count). The molecule has 2 aromatic rings. The molecular weight excluding hydrogens is 370 g/mol. The van der Waals surface area contributed by atoms with Crippen LogP contribution in [-0.4, -0.2) is 58.9 Å². The summed E-state index contributed by atoms with van der Waals surface area (Å²) in [6.07, 6.45) is 1.43. The van der Waals surface area contributed by atoms with E-state index in [0.717, 1.165) is 41.9 Å². The summed E-state index contributed by atoms with van der Waals surface area (Å²) >= 11 is 3.52. The molecule has 0 aliphatic carbocycles. The third-order valence-corrected chi connectivity index (χ3v) is 4.98. The summed E-state index contributed by atoms with van der Waals surface area (Å²) in [5.74, 6) is 0.567. The van der Waals surface area contributed by atoms with Gasteiger partial charge in [0.15, 0.2) is 0 Å². The Labute approximate surface area is 150 Å². The average Bonchev–Trinajstić information content (AvgIpc) is 2.58. The highest BCUT2D eigenvalue weighted by Gasteiger charge is 2.21. The van der Waals surface area contributed by atoms with Gasteiger partial charge in [-0.05, 0) is 31.7 Å².